The standard InChI is InChI=1S/C21H21N/c1-5-15(12-13-22-4)16-10-11-18-17-8-6-7-9-19(17)21(2,3)20(18)14-16/h5-14H,4H2,1-3H3/b13-12-,15-5+. The molecule has 2 aromatic carbocycles. The summed E-state index contributed by atoms with van der Waals surface area (Å²) >= 11 is 0. The number of nitrogens with zero attached hydrogens (tertiary/aromatic N) is 1. The number of fused-ring (bicyclic) bond motifs is 3. The number of hydrogen-bond donors (Lipinski definition) is 0. The molecule has 3 rings (SSSR count). The summed E-state index contributed by atoms with van der Waals surface area (Å²) in [5, 5.41) is 0. The quantitative estimate of drug-likeness (QED) is 0.514. The van der Waals surface area contributed by atoms with Crippen molar-refractivity contribution in [2.24, 2.45) is 4.99 Å². The molecule has 22 heavy (non-hydrogen) atoms. The van der Waals surface area contributed by atoms with Crippen molar-refractivity contribution in [1.82, 2.24) is 0 Å². The molecule has 0 bridgehead atoms. The lowest BCUT2D eigenvalue weighted by Gasteiger charge is -2.22. The van der Waals surface area contributed by atoms with Gasteiger partial charge >= 0.3 is 0 Å². The maximum atomic E-state index is 3.81. The first kappa shape index (κ1) is 14.5. The fraction of sp³-hybridized carbons (Fsp3) is 0.190. The summed E-state index contributed by atoms with van der Waals surface area (Å²) in [5.41, 5.74) is 7.95. The van der Waals surface area contributed by atoms with Crippen LogP contribution in [-0.2, 0) is 5.41 Å². The van der Waals surface area contributed by atoms with Crippen LogP contribution in [0.2, 0.25) is 0 Å². The Morgan fingerprint density at radius 2 is 1.77 bits per heavy atom. The van der Waals surface area contributed by atoms with Crippen LogP contribution in [0.4, 0.5) is 0 Å². The van der Waals surface area contributed by atoms with Crippen LogP contribution in [0.15, 0.2) is 65.8 Å². The summed E-state index contributed by atoms with van der Waals surface area (Å²) in [7, 11) is 0. The highest BCUT2D eigenvalue weighted by molar-refractivity contribution is 5.84. The molecule has 0 heterocycles. The van der Waals surface area contributed by atoms with Gasteiger partial charge in [-0.05, 0) is 59.2 Å². The summed E-state index contributed by atoms with van der Waals surface area (Å²) in [5.74, 6) is 0. The van der Waals surface area contributed by atoms with Crippen molar-refractivity contribution in [2.75, 3.05) is 0 Å². The van der Waals surface area contributed by atoms with Crippen LogP contribution in [0.3, 0.4) is 0 Å². The Balaban J connectivity index is 2.16. The molecule has 0 aromatic heterocycles. The lowest BCUT2D eigenvalue weighted by Crippen LogP contribution is -2.15. The van der Waals surface area contributed by atoms with Crippen molar-refractivity contribution in [3.05, 3.63) is 77.5 Å². The average Bonchev–Trinajstić information content (AvgIpc) is 2.77. The number of aliphatic imine (C=N–C) groups is 1. The third kappa shape index (κ3) is 2.14. The van der Waals surface area contributed by atoms with E-state index in [9.17, 15) is 0 Å². The van der Waals surface area contributed by atoms with E-state index in [1.807, 2.05) is 6.08 Å². The first-order chi connectivity index (χ1) is 10.6. The lowest BCUT2D eigenvalue weighted by molar-refractivity contribution is 0.660. The smallest absolute Gasteiger partial charge is 0.0266 e. The minimum absolute atomic E-state index is 0.0428. The van der Waals surface area contributed by atoms with Gasteiger partial charge in [-0.25, -0.2) is 0 Å². The first-order valence-corrected chi connectivity index (χ1v) is 7.63. The zero-order valence-corrected chi connectivity index (χ0v) is 13.4. The molecule has 110 valence electrons. The van der Waals surface area contributed by atoms with Gasteiger partial charge in [0.1, 0.15) is 0 Å². The van der Waals surface area contributed by atoms with Crippen LogP contribution < -0.4 is 0 Å². The van der Waals surface area contributed by atoms with Crippen molar-refractivity contribution >= 4 is 12.3 Å². The molecule has 0 saturated carbocycles. The Morgan fingerprint density at radius 3 is 2.50 bits per heavy atom. The topological polar surface area (TPSA) is 12.4 Å². The van der Waals surface area contributed by atoms with E-state index in [0.29, 0.717) is 0 Å². The number of hydrogen-bond acceptors (Lipinski definition) is 1. The molecule has 0 saturated heterocycles. The minimum atomic E-state index is 0.0428. The summed E-state index contributed by atoms with van der Waals surface area (Å²) in [6, 6.07) is 15.5. The van der Waals surface area contributed by atoms with Gasteiger partial charge in [-0.1, -0.05) is 56.3 Å². The van der Waals surface area contributed by atoms with Crippen molar-refractivity contribution in [3.8, 4) is 11.1 Å². The van der Waals surface area contributed by atoms with Crippen molar-refractivity contribution in [1.29, 1.82) is 0 Å². The van der Waals surface area contributed by atoms with Crippen molar-refractivity contribution in [3.63, 3.8) is 0 Å². The van der Waals surface area contributed by atoms with Crippen molar-refractivity contribution in [2.45, 2.75) is 26.2 Å². The molecule has 0 aliphatic heterocycles. The summed E-state index contributed by atoms with van der Waals surface area (Å²) in [6.07, 6.45) is 5.85. The third-order valence-corrected chi connectivity index (χ3v) is 4.59. The highest BCUT2D eigenvalue weighted by Gasteiger charge is 2.35. The van der Waals surface area contributed by atoms with Crippen molar-refractivity contribution < 1.29 is 0 Å². The maximum absolute atomic E-state index is 3.81. The van der Waals surface area contributed by atoms with E-state index in [2.05, 4.69) is 81.0 Å². The van der Waals surface area contributed by atoms with Crippen LogP contribution in [0.5, 0.6) is 0 Å². The third-order valence-electron chi connectivity index (χ3n) is 4.59. The summed E-state index contributed by atoms with van der Waals surface area (Å²) in [4.78, 5) is 3.81. The minimum Gasteiger partial charge on any atom is -0.272 e. The molecule has 1 aliphatic rings. The highest BCUT2D eigenvalue weighted by Crippen LogP contribution is 2.49. The Kier molecular flexibility index (Phi) is 3.58. The van der Waals surface area contributed by atoms with Crippen LogP contribution in [0, 0.1) is 0 Å². The van der Waals surface area contributed by atoms with E-state index < -0.39 is 0 Å². The normalized spacial score (nSPS) is 15.7. The van der Waals surface area contributed by atoms with E-state index in [-0.39, 0.29) is 5.41 Å². The van der Waals surface area contributed by atoms with Crippen LogP contribution in [0.1, 0.15) is 37.5 Å². The molecule has 0 N–H and O–H groups in total. The van der Waals surface area contributed by atoms with Gasteiger partial charge in [0, 0.05) is 11.6 Å². The second kappa shape index (κ2) is 5.42. The van der Waals surface area contributed by atoms with E-state index in [1.165, 1.54) is 33.4 Å². The fourth-order valence-corrected chi connectivity index (χ4v) is 3.38. The zero-order chi connectivity index (χ0) is 15.7. The molecule has 0 atom stereocenters. The van der Waals surface area contributed by atoms with Gasteiger partial charge in [0.05, 0.1) is 0 Å². The second-order valence-corrected chi connectivity index (χ2v) is 6.17. The van der Waals surface area contributed by atoms with E-state index in [1.54, 1.807) is 6.20 Å². The molecule has 0 fully saturated rings. The maximum Gasteiger partial charge on any atom is 0.0266 e. The number of rotatable bonds is 3. The predicted octanol–water partition coefficient (Wildman–Crippen LogP) is 5.61. The molecule has 0 spiro atoms. The predicted molar refractivity (Wildman–Crippen MR) is 96.3 cm³/mol. The Hall–Kier alpha value is -2.41. The molecule has 0 amide bonds. The SMILES string of the molecule is C=N/C=C\C(=C/C)c1ccc2c(c1)C(C)(C)c1ccccc1-2. The second-order valence-electron chi connectivity index (χ2n) is 6.17. The summed E-state index contributed by atoms with van der Waals surface area (Å²) in [6.45, 7) is 10.2. The van der Waals surface area contributed by atoms with Gasteiger partial charge in [-0.2, -0.15) is 0 Å². The Labute approximate surface area is 132 Å². The van der Waals surface area contributed by atoms with E-state index in [0.717, 1.165) is 0 Å². The monoisotopic (exact) mass is 287 g/mol. The van der Waals surface area contributed by atoms with Gasteiger partial charge < -0.3 is 0 Å². The molecule has 1 aliphatic carbocycles. The molecule has 0 unspecified atom stereocenters. The average molecular weight is 287 g/mol. The molecule has 1 nitrogen and oxygen atoms in total. The summed E-state index contributed by atoms with van der Waals surface area (Å²) < 4.78 is 0. The van der Waals surface area contributed by atoms with Gasteiger partial charge in [0.15, 0.2) is 0 Å². The van der Waals surface area contributed by atoms with E-state index >= 15 is 0 Å². The molecular weight excluding hydrogens is 266 g/mol. The Morgan fingerprint density at radius 1 is 1.05 bits per heavy atom. The molecular formula is C21H21N. The highest BCUT2D eigenvalue weighted by atomic mass is 14.6. The molecule has 1 heteroatoms. The fourth-order valence-electron chi connectivity index (χ4n) is 3.38. The van der Waals surface area contributed by atoms with Gasteiger partial charge in [0.25, 0.3) is 0 Å². The molecule has 2 aromatic rings. The first-order valence-electron chi connectivity index (χ1n) is 7.63. The van der Waals surface area contributed by atoms with E-state index in [4.69, 9.17) is 0 Å². The van der Waals surface area contributed by atoms with Crippen LogP contribution >= 0.6 is 0 Å². The van der Waals surface area contributed by atoms with Gasteiger partial charge in [0.2, 0.25) is 0 Å². The number of benzene rings is 2. The Bertz CT molecular complexity index is 791. The number of allylic oxidation sites excluding steroid dienone is 3. The lowest BCUT2D eigenvalue weighted by atomic mass is 9.81. The molecule has 0 radical (unpaired) electrons. The zero-order valence-electron chi connectivity index (χ0n) is 13.4. The van der Waals surface area contributed by atoms with Gasteiger partial charge in [-0.15, -0.1) is 0 Å². The van der Waals surface area contributed by atoms with Crippen LogP contribution in [0.25, 0.3) is 16.7 Å². The van der Waals surface area contributed by atoms with Crippen LogP contribution in [-0.4, -0.2) is 6.72 Å². The largest absolute Gasteiger partial charge is 0.272 e. The van der Waals surface area contributed by atoms with Gasteiger partial charge in [-0.3, -0.25) is 4.99 Å².